The lowest BCUT2D eigenvalue weighted by atomic mass is 9.93. The highest BCUT2D eigenvalue weighted by atomic mass is 35.5. The summed E-state index contributed by atoms with van der Waals surface area (Å²) in [5.74, 6) is 0.365. The van der Waals surface area contributed by atoms with Gasteiger partial charge in [0.2, 0.25) is 0 Å². The Balaban J connectivity index is 1.37. The van der Waals surface area contributed by atoms with Crippen molar-refractivity contribution in [1.82, 2.24) is 9.55 Å². The van der Waals surface area contributed by atoms with Crippen LogP contribution in [0.4, 0.5) is 10.1 Å². The number of carbonyl (C=O) groups is 1. The molecular weight excluding hydrogens is 469 g/mol. The average Bonchev–Trinajstić information content (AvgIpc) is 3.41. The molecule has 178 valence electrons. The molecule has 1 aromatic carbocycles. The number of aliphatic hydroxyl groups is 1. The van der Waals surface area contributed by atoms with Crippen LogP contribution in [-0.2, 0) is 22.8 Å². The van der Waals surface area contributed by atoms with Gasteiger partial charge in [-0.2, -0.15) is 0 Å². The molecule has 1 aliphatic heterocycles. The Kier molecular flexibility index (Phi) is 5.57. The van der Waals surface area contributed by atoms with Gasteiger partial charge in [0.05, 0.1) is 22.1 Å². The summed E-state index contributed by atoms with van der Waals surface area (Å²) in [5.41, 5.74) is 0.571. The summed E-state index contributed by atoms with van der Waals surface area (Å²) in [6.45, 7) is 0.725. The normalized spacial score (nSPS) is 28.7. The molecule has 1 aromatic heterocycles. The summed E-state index contributed by atoms with van der Waals surface area (Å²) in [5, 5.41) is 13.6. The van der Waals surface area contributed by atoms with E-state index < -0.39 is 21.3 Å². The van der Waals surface area contributed by atoms with Gasteiger partial charge in [0, 0.05) is 30.8 Å². The summed E-state index contributed by atoms with van der Waals surface area (Å²) in [6.07, 6.45) is 5.38. The fourth-order valence-corrected chi connectivity index (χ4v) is 7.63. The number of hydrogen-bond acceptors (Lipinski definition) is 5. The number of imidazole rings is 1. The standard InChI is InChI=1S/C23H27ClFN3O4S/c1-33(31,32)12-23(30)10-14-7-13(8-15(14)11-23)20-21(28-6-2-3-19(28)27-20)22(29)26-16-4-5-18(25)17(24)9-16/h4-5,9,13-15,30H,2-3,6-8,10-12H2,1H3,(H,26,29). The molecule has 2 heterocycles. The molecule has 7 nitrogen and oxygen atoms in total. The average molecular weight is 496 g/mol. The monoisotopic (exact) mass is 495 g/mol. The molecular formula is C23H27ClFN3O4S. The van der Waals surface area contributed by atoms with Crippen LogP contribution in [0.5, 0.6) is 0 Å². The largest absolute Gasteiger partial charge is 0.389 e. The van der Waals surface area contributed by atoms with Gasteiger partial charge >= 0.3 is 0 Å². The topological polar surface area (TPSA) is 101 Å². The van der Waals surface area contributed by atoms with Crippen LogP contribution in [0.2, 0.25) is 5.02 Å². The minimum absolute atomic E-state index is 0.0586. The van der Waals surface area contributed by atoms with Gasteiger partial charge in [-0.15, -0.1) is 0 Å². The number of nitrogens with one attached hydrogen (secondary N) is 1. The maximum absolute atomic E-state index is 13.5. The molecule has 10 heteroatoms. The number of carbonyl (C=O) groups excluding carboxylic acids is 1. The molecule has 0 bridgehead atoms. The zero-order chi connectivity index (χ0) is 23.5. The molecule has 2 atom stereocenters. The van der Waals surface area contributed by atoms with E-state index in [-0.39, 0.29) is 34.4 Å². The van der Waals surface area contributed by atoms with Crippen LogP contribution in [0.1, 0.15) is 60.0 Å². The smallest absolute Gasteiger partial charge is 0.274 e. The first kappa shape index (κ1) is 22.8. The lowest BCUT2D eigenvalue weighted by Gasteiger charge is -2.23. The molecule has 2 aliphatic carbocycles. The van der Waals surface area contributed by atoms with Crippen LogP contribution < -0.4 is 5.32 Å². The van der Waals surface area contributed by atoms with Crippen molar-refractivity contribution >= 4 is 33.0 Å². The zero-order valence-corrected chi connectivity index (χ0v) is 19.9. The van der Waals surface area contributed by atoms with E-state index in [4.69, 9.17) is 16.6 Å². The van der Waals surface area contributed by atoms with E-state index in [9.17, 15) is 22.7 Å². The minimum atomic E-state index is -3.27. The fraction of sp³-hybridized carbons (Fsp3) is 0.565. The van der Waals surface area contributed by atoms with Crippen LogP contribution in [0.3, 0.4) is 0 Å². The fourth-order valence-electron chi connectivity index (χ4n) is 6.24. The summed E-state index contributed by atoms with van der Waals surface area (Å²) < 4.78 is 39.0. The van der Waals surface area contributed by atoms with Crippen molar-refractivity contribution in [2.45, 2.75) is 56.6 Å². The van der Waals surface area contributed by atoms with Crippen molar-refractivity contribution in [2.24, 2.45) is 11.8 Å². The van der Waals surface area contributed by atoms with Crippen molar-refractivity contribution in [3.05, 3.63) is 46.3 Å². The highest BCUT2D eigenvalue weighted by molar-refractivity contribution is 7.90. The molecule has 2 saturated carbocycles. The Bertz CT molecular complexity index is 1210. The Morgan fingerprint density at radius 1 is 1.33 bits per heavy atom. The molecule has 1 amide bonds. The van der Waals surface area contributed by atoms with Gasteiger partial charge in [-0.05, 0) is 62.1 Å². The highest BCUT2D eigenvalue weighted by Crippen LogP contribution is 2.54. The molecule has 33 heavy (non-hydrogen) atoms. The maximum Gasteiger partial charge on any atom is 0.274 e. The van der Waals surface area contributed by atoms with Crippen LogP contribution in [0.15, 0.2) is 18.2 Å². The lowest BCUT2D eigenvalue weighted by Crippen LogP contribution is -2.34. The van der Waals surface area contributed by atoms with Gasteiger partial charge in [0.1, 0.15) is 27.2 Å². The van der Waals surface area contributed by atoms with Crippen molar-refractivity contribution in [3.8, 4) is 0 Å². The van der Waals surface area contributed by atoms with Crippen molar-refractivity contribution < 1.29 is 22.7 Å². The number of aryl methyl sites for hydroxylation is 1. The number of hydrogen-bond donors (Lipinski definition) is 2. The Labute approximate surface area is 197 Å². The van der Waals surface area contributed by atoms with Crippen LogP contribution in [-0.4, -0.2) is 46.6 Å². The molecule has 0 radical (unpaired) electrons. The van der Waals surface area contributed by atoms with Crippen LogP contribution >= 0.6 is 11.6 Å². The third-order valence-corrected chi connectivity index (χ3v) is 8.64. The van der Waals surface area contributed by atoms with E-state index in [2.05, 4.69) is 5.32 Å². The maximum atomic E-state index is 13.5. The predicted octanol–water partition coefficient (Wildman–Crippen LogP) is 3.55. The molecule has 0 spiro atoms. The third kappa shape index (κ3) is 4.42. The molecule has 3 aliphatic rings. The lowest BCUT2D eigenvalue weighted by molar-refractivity contribution is 0.0613. The first-order valence-corrected chi connectivity index (χ1v) is 13.7. The first-order valence-electron chi connectivity index (χ1n) is 11.3. The number of fused-ring (bicyclic) bond motifs is 2. The Morgan fingerprint density at radius 2 is 2.03 bits per heavy atom. The van der Waals surface area contributed by atoms with Gasteiger partial charge in [-0.3, -0.25) is 4.79 Å². The van der Waals surface area contributed by atoms with E-state index in [1.54, 1.807) is 0 Å². The number of anilines is 1. The number of halogens is 2. The number of amides is 1. The second kappa shape index (κ2) is 8.06. The van der Waals surface area contributed by atoms with Gasteiger partial charge < -0.3 is 15.0 Å². The summed E-state index contributed by atoms with van der Waals surface area (Å²) in [4.78, 5) is 18.1. The highest BCUT2D eigenvalue weighted by Gasteiger charge is 2.51. The summed E-state index contributed by atoms with van der Waals surface area (Å²) >= 11 is 5.87. The molecule has 2 aromatic rings. The second-order valence-corrected chi connectivity index (χ2v) is 12.5. The minimum Gasteiger partial charge on any atom is -0.389 e. The molecule has 2 fully saturated rings. The van der Waals surface area contributed by atoms with Gasteiger partial charge in [0.25, 0.3) is 5.91 Å². The predicted molar refractivity (Wildman–Crippen MR) is 123 cm³/mol. The van der Waals surface area contributed by atoms with E-state index in [1.807, 2.05) is 4.57 Å². The summed E-state index contributed by atoms with van der Waals surface area (Å²) in [7, 11) is -3.27. The zero-order valence-electron chi connectivity index (χ0n) is 18.4. The van der Waals surface area contributed by atoms with Gasteiger partial charge in [0.15, 0.2) is 0 Å². The van der Waals surface area contributed by atoms with Crippen molar-refractivity contribution in [3.63, 3.8) is 0 Å². The number of benzene rings is 1. The van der Waals surface area contributed by atoms with E-state index in [0.717, 1.165) is 50.0 Å². The van der Waals surface area contributed by atoms with E-state index in [1.165, 1.54) is 18.2 Å². The summed E-state index contributed by atoms with van der Waals surface area (Å²) in [6, 6.07) is 4.08. The third-order valence-electron chi connectivity index (χ3n) is 7.29. The van der Waals surface area contributed by atoms with E-state index in [0.29, 0.717) is 24.2 Å². The number of sulfone groups is 1. The first-order chi connectivity index (χ1) is 15.5. The molecule has 2 unspecified atom stereocenters. The molecule has 2 N–H and O–H groups in total. The van der Waals surface area contributed by atoms with Crippen LogP contribution in [0.25, 0.3) is 0 Å². The number of rotatable bonds is 5. The van der Waals surface area contributed by atoms with Crippen molar-refractivity contribution in [2.75, 3.05) is 17.3 Å². The van der Waals surface area contributed by atoms with Gasteiger partial charge in [-0.1, -0.05) is 11.6 Å². The van der Waals surface area contributed by atoms with E-state index >= 15 is 0 Å². The number of nitrogens with zero attached hydrogens (tertiary/aromatic N) is 2. The van der Waals surface area contributed by atoms with Gasteiger partial charge in [-0.25, -0.2) is 17.8 Å². The Morgan fingerprint density at radius 3 is 2.67 bits per heavy atom. The molecule has 5 rings (SSSR count). The second-order valence-electron chi connectivity index (χ2n) is 9.99. The Hall–Kier alpha value is -1.97. The quantitative estimate of drug-likeness (QED) is 0.660. The van der Waals surface area contributed by atoms with Crippen molar-refractivity contribution in [1.29, 1.82) is 0 Å². The van der Waals surface area contributed by atoms with Crippen LogP contribution in [0, 0.1) is 17.7 Å². The SMILES string of the molecule is CS(=O)(=O)CC1(O)CC2CC(c3nc4n(c3C(=O)Nc3ccc(F)c(Cl)c3)CCC4)CC2C1. The number of aromatic nitrogens is 2. The molecule has 0 saturated heterocycles.